The molecule has 0 aliphatic heterocycles. The Hall–Kier alpha value is -0.120. The molecule has 0 aromatic heterocycles. The van der Waals surface area contributed by atoms with Gasteiger partial charge in [-0.15, -0.1) is 0 Å². The van der Waals surface area contributed by atoms with E-state index < -0.39 is 6.23 Å². The van der Waals surface area contributed by atoms with E-state index in [2.05, 4.69) is 5.32 Å². The number of aliphatic hydroxyl groups excluding tert-OH is 2. The van der Waals surface area contributed by atoms with E-state index >= 15 is 0 Å². The van der Waals surface area contributed by atoms with Gasteiger partial charge in [-0.3, -0.25) is 5.32 Å². The van der Waals surface area contributed by atoms with Gasteiger partial charge in [0, 0.05) is 19.1 Å². The predicted molar refractivity (Wildman–Crippen MR) is 36.0 cm³/mol. The fourth-order valence-electron chi connectivity index (χ4n) is 0.590. The monoisotopic (exact) mass is 133 g/mol. The van der Waals surface area contributed by atoms with E-state index in [1.54, 1.807) is 0 Å². The normalized spacial score (nSPS) is 14.3. The third-order valence-electron chi connectivity index (χ3n) is 0.928. The first kappa shape index (κ1) is 8.88. The van der Waals surface area contributed by atoms with Crippen molar-refractivity contribution in [3.05, 3.63) is 0 Å². The smallest absolute Gasteiger partial charge is 0.107 e. The molecule has 0 unspecified atom stereocenters. The average molecular weight is 133 g/mol. The van der Waals surface area contributed by atoms with Crippen LogP contribution in [-0.4, -0.2) is 29.1 Å². The molecule has 0 aromatic carbocycles. The van der Waals surface area contributed by atoms with Crippen LogP contribution in [0.2, 0.25) is 0 Å². The summed E-state index contributed by atoms with van der Waals surface area (Å²) in [4.78, 5) is 0. The Bertz CT molecular complexity index is 66.1. The number of hydrogen-bond acceptors (Lipinski definition) is 3. The molecule has 56 valence electrons. The highest BCUT2D eigenvalue weighted by molar-refractivity contribution is 4.56. The Morgan fingerprint density at radius 2 is 2.00 bits per heavy atom. The Morgan fingerprint density at radius 1 is 1.44 bits per heavy atom. The van der Waals surface area contributed by atoms with Crippen LogP contribution >= 0.6 is 0 Å². The van der Waals surface area contributed by atoms with E-state index in [4.69, 9.17) is 10.2 Å². The van der Waals surface area contributed by atoms with Crippen LogP contribution in [0.3, 0.4) is 0 Å². The second kappa shape index (κ2) is 4.73. The molecule has 0 spiro atoms. The molecule has 3 N–H and O–H groups in total. The minimum atomic E-state index is -0.560. The topological polar surface area (TPSA) is 52.5 Å². The lowest BCUT2D eigenvalue weighted by molar-refractivity contribution is 0.0950. The van der Waals surface area contributed by atoms with Crippen molar-refractivity contribution in [2.75, 3.05) is 6.61 Å². The van der Waals surface area contributed by atoms with Crippen LogP contribution in [0, 0.1) is 0 Å². The zero-order valence-electron chi connectivity index (χ0n) is 5.96. The first-order chi connectivity index (χ1) is 4.16. The maximum absolute atomic E-state index is 8.95. The van der Waals surface area contributed by atoms with Gasteiger partial charge in [-0.2, -0.15) is 0 Å². The van der Waals surface area contributed by atoms with Crippen LogP contribution in [0.4, 0.5) is 0 Å². The van der Waals surface area contributed by atoms with E-state index in [9.17, 15) is 0 Å². The van der Waals surface area contributed by atoms with Crippen LogP contribution in [0.25, 0.3) is 0 Å². The van der Waals surface area contributed by atoms with Gasteiger partial charge in [-0.1, -0.05) is 0 Å². The molecule has 0 aliphatic carbocycles. The van der Waals surface area contributed by atoms with Crippen molar-refractivity contribution in [3.8, 4) is 0 Å². The fraction of sp³-hybridized carbons (Fsp3) is 1.00. The highest BCUT2D eigenvalue weighted by Gasteiger charge is 2.02. The summed E-state index contributed by atoms with van der Waals surface area (Å²) < 4.78 is 0. The third-order valence-corrected chi connectivity index (χ3v) is 0.928. The summed E-state index contributed by atoms with van der Waals surface area (Å²) in [5.41, 5.74) is 0. The Labute approximate surface area is 55.7 Å². The minimum Gasteiger partial charge on any atom is -0.396 e. The Kier molecular flexibility index (Phi) is 4.67. The molecule has 0 amide bonds. The summed E-state index contributed by atoms with van der Waals surface area (Å²) in [5.74, 6) is 0. The molecule has 0 radical (unpaired) electrons. The van der Waals surface area contributed by atoms with E-state index in [0.29, 0.717) is 6.42 Å². The van der Waals surface area contributed by atoms with Gasteiger partial charge in [0.2, 0.25) is 0 Å². The molecule has 0 fully saturated rings. The molecule has 1 atom stereocenters. The van der Waals surface area contributed by atoms with Crippen molar-refractivity contribution >= 4 is 0 Å². The second-order valence-electron chi connectivity index (χ2n) is 2.35. The van der Waals surface area contributed by atoms with Crippen LogP contribution in [-0.2, 0) is 0 Å². The van der Waals surface area contributed by atoms with Gasteiger partial charge in [0.05, 0.1) is 0 Å². The summed E-state index contributed by atoms with van der Waals surface area (Å²) in [6, 6.07) is 0.270. The second-order valence-corrected chi connectivity index (χ2v) is 2.35. The van der Waals surface area contributed by atoms with Crippen LogP contribution < -0.4 is 5.32 Å². The quantitative estimate of drug-likeness (QED) is 0.461. The summed E-state index contributed by atoms with van der Waals surface area (Å²) in [6.07, 6.45) is -0.159. The predicted octanol–water partition coefficient (Wildman–Crippen LogP) is -0.315. The van der Waals surface area contributed by atoms with Crippen LogP contribution in [0.15, 0.2) is 0 Å². The lowest BCUT2D eigenvalue weighted by Gasteiger charge is -2.13. The molecule has 0 aliphatic rings. The van der Waals surface area contributed by atoms with Gasteiger partial charge in [0.25, 0.3) is 0 Å². The number of rotatable bonds is 4. The number of hydrogen-bond donors (Lipinski definition) is 3. The molecular weight excluding hydrogens is 118 g/mol. The van der Waals surface area contributed by atoms with Crippen molar-refractivity contribution in [3.63, 3.8) is 0 Å². The maximum atomic E-state index is 8.95. The van der Waals surface area contributed by atoms with Crippen molar-refractivity contribution in [2.24, 2.45) is 0 Å². The molecule has 0 saturated carbocycles. The highest BCUT2D eigenvalue weighted by atomic mass is 16.3. The average Bonchev–Trinajstić information content (AvgIpc) is 1.63. The number of nitrogens with one attached hydrogen (secondary N) is 1. The molecule has 3 nitrogen and oxygen atoms in total. The van der Waals surface area contributed by atoms with Gasteiger partial charge < -0.3 is 10.2 Å². The first-order valence-corrected chi connectivity index (χ1v) is 3.21. The molecule has 0 rings (SSSR count). The SMILES string of the molecule is CC(C)N[C@@H](O)CCO. The minimum absolute atomic E-state index is 0.0287. The van der Waals surface area contributed by atoms with Gasteiger partial charge in [-0.25, -0.2) is 0 Å². The van der Waals surface area contributed by atoms with Crippen LogP contribution in [0.1, 0.15) is 20.3 Å². The Morgan fingerprint density at radius 3 is 2.33 bits per heavy atom. The van der Waals surface area contributed by atoms with E-state index in [0.717, 1.165) is 0 Å². The van der Waals surface area contributed by atoms with Crippen molar-refractivity contribution in [1.82, 2.24) is 5.32 Å². The van der Waals surface area contributed by atoms with Gasteiger partial charge >= 0.3 is 0 Å². The van der Waals surface area contributed by atoms with E-state index in [1.165, 1.54) is 0 Å². The highest BCUT2D eigenvalue weighted by Crippen LogP contribution is 1.87. The summed E-state index contributed by atoms with van der Waals surface area (Å²) in [5, 5.41) is 20.1. The molecule has 0 heterocycles. The maximum Gasteiger partial charge on any atom is 0.107 e. The fourth-order valence-corrected chi connectivity index (χ4v) is 0.590. The molecule has 0 aromatic rings. The molecule has 3 heteroatoms. The zero-order valence-corrected chi connectivity index (χ0v) is 5.96. The molecule has 0 saturated heterocycles. The standard InChI is InChI=1S/C6H15NO2/c1-5(2)7-6(9)3-4-8/h5-9H,3-4H2,1-2H3/t6-/m0/s1. The van der Waals surface area contributed by atoms with E-state index in [-0.39, 0.29) is 12.6 Å². The molecular formula is C6H15NO2. The molecule has 9 heavy (non-hydrogen) atoms. The van der Waals surface area contributed by atoms with Crippen molar-refractivity contribution in [1.29, 1.82) is 0 Å². The lowest BCUT2D eigenvalue weighted by Crippen LogP contribution is -2.34. The summed E-state index contributed by atoms with van der Waals surface area (Å²) in [6.45, 7) is 3.92. The summed E-state index contributed by atoms with van der Waals surface area (Å²) in [7, 11) is 0. The number of aliphatic hydroxyl groups is 2. The van der Waals surface area contributed by atoms with Crippen molar-refractivity contribution in [2.45, 2.75) is 32.5 Å². The van der Waals surface area contributed by atoms with Crippen molar-refractivity contribution < 1.29 is 10.2 Å². The van der Waals surface area contributed by atoms with Gasteiger partial charge in [0.15, 0.2) is 0 Å². The van der Waals surface area contributed by atoms with Gasteiger partial charge in [-0.05, 0) is 13.8 Å². The van der Waals surface area contributed by atoms with Crippen LogP contribution in [0.5, 0.6) is 0 Å². The Balaban J connectivity index is 3.15. The zero-order chi connectivity index (χ0) is 7.28. The van der Waals surface area contributed by atoms with E-state index in [1.807, 2.05) is 13.8 Å². The molecule has 0 bridgehead atoms. The first-order valence-electron chi connectivity index (χ1n) is 3.21. The summed E-state index contributed by atoms with van der Waals surface area (Å²) >= 11 is 0. The largest absolute Gasteiger partial charge is 0.396 e. The third kappa shape index (κ3) is 5.76. The lowest BCUT2D eigenvalue weighted by atomic mass is 10.3. The van der Waals surface area contributed by atoms with Gasteiger partial charge in [0.1, 0.15) is 6.23 Å².